The molecule has 0 saturated carbocycles. The zero-order valence-corrected chi connectivity index (χ0v) is 14.6. The second-order valence-electron chi connectivity index (χ2n) is 6.36. The third kappa shape index (κ3) is 2.93. The van der Waals surface area contributed by atoms with Crippen molar-refractivity contribution < 1.29 is 29.4 Å². The molecule has 3 heterocycles. The van der Waals surface area contributed by atoms with E-state index in [-0.39, 0.29) is 10.6 Å². The number of hydrogen-bond donors (Lipinski definition) is 4. The van der Waals surface area contributed by atoms with Crippen LogP contribution in [0.1, 0.15) is 17.9 Å². The van der Waals surface area contributed by atoms with Crippen molar-refractivity contribution in [3.63, 3.8) is 0 Å². The standard InChI is InChI=1S/C17H16ClFN4O4/c18-9-5-7(1-2-10(9)19)11(24)14-12(25)13(26)17(27-14)23-4-3-8-15(20)21-6-22-16(8)23/h1-6,11-14,17,24-26H,(H2,20,21,22)/p+1/t11-,12+,13-,14-,17-/m1/s1. The number of halogens is 2. The number of aliphatic hydroxyl groups excluding tert-OH is 3. The SMILES string of the molecule is Nc1nc[nH+]c2c1ccn2[C@@H]1O[C@H]([C@H](O)c2ccc(F)c(Cl)c2)[C@@H](O)[C@H]1O. The van der Waals surface area contributed by atoms with E-state index >= 15 is 0 Å². The highest BCUT2D eigenvalue weighted by atomic mass is 35.5. The summed E-state index contributed by atoms with van der Waals surface area (Å²) >= 11 is 5.75. The van der Waals surface area contributed by atoms with Crippen LogP contribution in [0.25, 0.3) is 11.0 Å². The van der Waals surface area contributed by atoms with Crippen LogP contribution in [-0.2, 0) is 4.74 Å². The maximum atomic E-state index is 13.4. The number of fused-ring (bicyclic) bond motifs is 1. The smallest absolute Gasteiger partial charge is 0.240 e. The van der Waals surface area contributed by atoms with E-state index in [1.165, 1.54) is 18.5 Å². The number of benzene rings is 1. The Bertz CT molecular complexity index is 1000. The molecule has 4 rings (SSSR count). The zero-order chi connectivity index (χ0) is 19.3. The summed E-state index contributed by atoms with van der Waals surface area (Å²) in [6, 6.07) is 5.40. The van der Waals surface area contributed by atoms with Gasteiger partial charge in [0.05, 0.1) is 11.2 Å². The van der Waals surface area contributed by atoms with Crippen molar-refractivity contribution in [1.29, 1.82) is 0 Å². The Hall–Kier alpha value is -2.30. The zero-order valence-electron chi connectivity index (χ0n) is 13.8. The summed E-state index contributed by atoms with van der Waals surface area (Å²) in [6.07, 6.45) is -3.13. The number of nitrogens with one attached hydrogen (secondary N) is 1. The van der Waals surface area contributed by atoms with E-state index in [0.717, 1.165) is 6.07 Å². The highest BCUT2D eigenvalue weighted by molar-refractivity contribution is 6.30. The molecular formula is C17H17ClFN4O4+. The molecule has 1 aliphatic rings. The molecule has 6 N–H and O–H groups in total. The van der Waals surface area contributed by atoms with Gasteiger partial charge in [0.15, 0.2) is 0 Å². The number of hydrogen-bond acceptors (Lipinski definition) is 6. The minimum Gasteiger partial charge on any atom is -0.387 e. The van der Waals surface area contributed by atoms with Crippen molar-refractivity contribution in [2.45, 2.75) is 30.6 Å². The number of H-pyrrole nitrogens is 1. The van der Waals surface area contributed by atoms with Gasteiger partial charge in [0.2, 0.25) is 24.0 Å². The molecular weight excluding hydrogens is 379 g/mol. The number of nitrogens with two attached hydrogens (primary N) is 1. The van der Waals surface area contributed by atoms with Crippen LogP contribution in [0.3, 0.4) is 0 Å². The number of aromatic amines is 1. The molecule has 3 aromatic rings. The first-order valence-electron chi connectivity index (χ1n) is 8.16. The van der Waals surface area contributed by atoms with E-state index in [9.17, 15) is 19.7 Å². The Morgan fingerprint density at radius 1 is 1.30 bits per heavy atom. The summed E-state index contributed by atoms with van der Waals surface area (Å²) in [4.78, 5) is 6.87. The molecule has 0 aliphatic carbocycles. The molecule has 10 heteroatoms. The molecule has 27 heavy (non-hydrogen) atoms. The minimum absolute atomic E-state index is 0.162. The van der Waals surface area contributed by atoms with Crippen molar-refractivity contribution in [2.75, 3.05) is 5.73 Å². The minimum atomic E-state index is -1.38. The fraction of sp³-hybridized carbons (Fsp3) is 0.294. The lowest BCUT2D eigenvalue weighted by Gasteiger charge is -2.21. The first-order chi connectivity index (χ1) is 12.9. The van der Waals surface area contributed by atoms with Crippen molar-refractivity contribution in [1.82, 2.24) is 9.55 Å². The lowest BCUT2D eigenvalue weighted by atomic mass is 9.99. The van der Waals surface area contributed by atoms with Crippen LogP contribution in [-0.4, -0.2) is 43.2 Å². The molecule has 0 unspecified atom stereocenters. The maximum Gasteiger partial charge on any atom is 0.240 e. The monoisotopic (exact) mass is 395 g/mol. The van der Waals surface area contributed by atoms with Crippen molar-refractivity contribution in [3.05, 3.63) is 53.2 Å². The first kappa shape index (κ1) is 18.1. The number of nitrogens with zero attached hydrogens (tertiary/aromatic N) is 2. The molecule has 2 aromatic heterocycles. The van der Waals surface area contributed by atoms with E-state index in [2.05, 4.69) is 9.97 Å². The molecule has 1 aliphatic heterocycles. The molecule has 0 amide bonds. The maximum absolute atomic E-state index is 13.4. The van der Waals surface area contributed by atoms with Gasteiger partial charge in [-0.2, -0.15) is 0 Å². The van der Waals surface area contributed by atoms with Gasteiger partial charge < -0.3 is 25.8 Å². The predicted octanol–water partition coefficient (Wildman–Crippen LogP) is 0.578. The molecule has 1 saturated heterocycles. The van der Waals surface area contributed by atoms with Gasteiger partial charge in [0.25, 0.3) is 0 Å². The number of nitrogen functional groups attached to an aromatic ring is 1. The molecule has 142 valence electrons. The Balaban J connectivity index is 1.66. The van der Waals surface area contributed by atoms with Crippen LogP contribution in [0.15, 0.2) is 36.8 Å². The fourth-order valence-corrected chi connectivity index (χ4v) is 3.50. The van der Waals surface area contributed by atoms with Crippen molar-refractivity contribution in [2.24, 2.45) is 0 Å². The van der Waals surface area contributed by atoms with Crippen LogP contribution in [0.2, 0.25) is 5.02 Å². The number of anilines is 1. The van der Waals surface area contributed by atoms with Gasteiger partial charge in [0, 0.05) is 0 Å². The Morgan fingerprint density at radius 2 is 2.07 bits per heavy atom. The first-order valence-corrected chi connectivity index (χ1v) is 8.53. The molecule has 0 spiro atoms. The van der Waals surface area contributed by atoms with E-state index in [1.807, 2.05) is 0 Å². The molecule has 8 nitrogen and oxygen atoms in total. The largest absolute Gasteiger partial charge is 0.387 e. The molecule has 0 bridgehead atoms. The number of rotatable bonds is 3. The van der Waals surface area contributed by atoms with Gasteiger partial charge in [-0.15, -0.1) is 0 Å². The van der Waals surface area contributed by atoms with Crippen LogP contribution in [0.5, 0.6) is 0 Å². The van der Waals surface area contributed by atoms with Crippen LogP contribution < -0.4 is 10.7 Å². The van der Waals surface area contributed by atoms with E-state index in [1.54, 1.807) is 16.8 Å². The van der Waals surface area contributed by atoms with Crippen LogP contribution in [0.4, 0.5) is 10.2 Å². The van der Waals surface area contributed by atoms with Gasteiger partial charge >= 0.3 is 0 Å². The molecule has 1 fully saturated rings. The van der Waals surface area contributed by atoms with Crippen LogP contribution >= 0.6 is 11.6 Å². The second kappa shape index (κ2) is 6.70. The third-order valence-corrected chi connectivity index (χ3v) is 5.03. The van der Waals surface area contributed by atoms with E-state index in [0.29, 0.717) is 16.9 Å². The third-order valence-electron chi connectivity index (χ3n) is 4.74. The lowest BCUT2D eigenvalue weighted by molar-refractivity contribution is -0.355. The van der Waals surface area contributed by atoms with Gasteiger partial charge in [0.1, 0.15) is 35.6 Å². The number of ether oxygens (including phenoxy) is 1. The molecule has 5 atom stereocenters. The Morgan fingerprint density at radius 3 is 2.81 bits per heavy atom. The Kier molecular flexibility index (Phi) is 4.49. The second-order valence-corrected chi connectivity index (χ2v) is 6.77. The summed E-state index contributed by atoms with van der Waals surface area (Å²) in [7, 11) is 0. The highest BCUT2D eigenvalue weighted by Gasteiger charge is 2.49. The number of aromatic nitrogens is 3. The average molecular weight is 396 g/mol. The van der Waals surface area contributed by atoms with Crippen molar-refractivity contribution in [3.8, 4) is 0 Å². The molecule has 0 radical (unpaired) electrons. The van der Waals surface area contributed by atoms with Crippen LogP contribution in [0, 0.1) is 5.82 Å². The summed E-state index contributed by atoms with van der Waals surface area (Å²) in [5.41, 5.74) is 6.63. The summed E-state index contributed by atoms with van der Waals surface area (Å²) in [5, 5.41) is 31.9. The van der Waals surface area contributed by atoms with Gasteiger partial charge in [-0.05, 0) is 23.8 Å². The quantitative estimate of drug-likeness (QED) is 0.513. The fourth-order valence-electron chi connectivity index (χ4n) is 3.31. The van der Waals surface area contributed by atoms with E-state index in [4.69, 9.17) is 22.1 Å². The topological polar surface area (TPSA) is 128 Å². The summed E-state index contributed by atoms with van der Waals surface area (Å²) < 4.78 is 20.7. The van der Waals surface area contributed by atoms with Gasteiger partial charge in [-0.1, -0.05) is 22.7 Å². The predicted molar refractivity (Wildman–Crippen MR) is 93.0 cm³/mol. The average Bonchev–Trinajstić information content (AvgIpc) is 3.20. The highest BCUT2D eigenvalue weighted by Crippen LogP contribution is 2.38. The summed E-state index contributed by atoms with van der Waals surface area (Å²) in [5.74, 6) is -0.327. The van der Waals surface area contributed by atoms with Gasteiger partial charge in [-0.3, -0.25) is 0 Å². The lowest BCUT2D eigenvalue weighted by Crippen LogP contribution is -2.35. The molecule has 1 aromatic carbocycles. The summed E-state index contributed by atoms with van der Waals surface area (Å²) in [6.45, 7) is 0. The Labute approximate surface area is 157 Å². The number of aliphatic hydroxyl groups is 3. The van der Waals surface area contributed by atoms with E-state index < -0.39 is 36.5 Å². The normalized spacial score (nSPS) is 26.6. The van der Waals surface area contributed by atoms with Crippen molar-refractivity contribution >= 4 is 28.5 Å². The van der Waals surface area contributed by atoms with Gasteiger partial charge in [-0.25, -0.2) is 13.9 Å².